The van der Waals surface area contributed by atoms with Gasteiger partial charge in [0, 0.05) is 22.5 Å². The summed E-state index contributed by atoms with van der Waals surface area (Å²) >= 11 is 0. The number of urea groups is 1. The van der Waals surface area contributed by atoms with Gasteiger partial charge in [0.25, 0.3) is 5.91 Å². The number of carbonyl (C=O) groups excluding carboxylic acids is 3. The van der Waals surface area contributed by atoms with Crippen molar-refractivity contribution in [3.8, 4) is 0 Å². The highest BCUT2D eigenvalue weighted by Crippen LogP contribution is 2.29. The van der Waals surface area contributed by atoms with Gasteiger partial charge in [0.15, 0.2) is 11.9 Å². The van der Waals surface area contributed by atoms with Gasteiger partial charge in [0.2, 0.25) is 0 Å². The number of Topliss-reactive ketones (excluding diaryl/α,β-unsaturated/α-hetero) is 1. The maximum absolute atomic E-state index is 13.5. The van der Waals surface area contributed by atoms with Crippen LogP contribution in [0.5, 0.6) is 0 Å². The van der Waals surface area contributed by atoms with E-state index in [0.29, 0.717) is 16.9 Å². The van der Waals surface area contributed by atoms with Gasteiger partial charge < -0.3 is 20.8 Å². The van der Waals surface area contributed by atoms with Gasteiger partial charge in [-0.3, -0.25) is 14.5 Å². The Bertz CT molecular complexity index is 1430. The van der Waals surface area contributed by atoms with Crippen LogP contribution >= 0.6 is 0 Å². The maximum Gasteiger partial charge on any atom is 0.334 e. The normalized spacial score (nSPS) is 13.5. The molecule has 9 nitrogen and oxygen atoms in total. The van der Waals surface area contributed by atoms with Crippen molar-refractivity contribution in [2.24, 2.45) is 0 Å². The lowest BCUT2D eigenvalue weighted by molar-refractivity contribution is -0.146. The van der Waals surface area contributed by atoms with E-state index in [1.807, 2.05) is 24.3 Å². The summed E-state index contributed by atoms with van der Waals surface area (Å²) in [5.74, 6) is -2.00. The number of allylic oxidation sites excluding steroid dienone is 2. The molecule has 4 N–H and O–H groups in total. The van der Waals surface area contributed by atoms with Gasteiger partial charge in [0.05, 0.1) is 13.1 Å². The first-order chi connectivity index (χ1) is 19.7. The summed E-state index contributed by atoms with van der Waals surface area (Å²) in [7, 11) is 0. The minimum Gasteiger partial charge on any atom is -0.479 e. The van der Waals surface area contributed by atoms with Gasteiger partial charge in [-0.15, -0.1) is 0 Å². The van der Waals surface area contributed by atoms with Crippen LogP contribution in [0.2, 0.25) is 0 Å². The number of nitrogens with one attached hydrogen (secondary N) is 2. The lowest BCUT2D eigenvalue weighted by Crippen LogP contribution is -2.36. The average Bonchev–Trinajstić information content (AvgIpc) is 2.99. The van der Waals surface area contributed by atoms with Gasteiger partial charge in [-0.05, 0) is 97.8 Å². The van der Waals surface area contributed by atoms with Gasteiger partial charge in [-0.25, -0.2) is 9.59 Å². The standard InChI is InChI=1S/C32H33N3O6/c1-21(36)23-11-15-27(16-12-23)34-32(41)35(28-17-13-25(14-18-28)24-5-3-2-4-6-24)20-22-7-9-26(10-8-22)30(38)33-19-29(37)31(39)40/h5,7-18,29,37H,2-4,6,19-20H2,1H3,(H,33,38)(H,34,41)(H,39,40)/t29-/m1/s1. The number of ketones is 1. The van der Waals surface area contributed by atoms with E-state index in [2.05, 4.69) is 16.7 Å². The van der Waals surface area contributed by atoms with E-state index in [-0.39, 0.29) is 23.9 Å². The molecule has 0 spiro atoms. The van der Waals surface area contributed by atoms with Crippen molar-refractivity contribution in [1.29, 1.82) is 0 Å². The topological polar surface area (TPSA) is 136 Å². The molecule has 9 heteroatoms. The fraction of sp³-hybridized carbons (Fsp3) is 0.250. The number of hydrogen-bond acceptors (Lipinski definition) is 5. The van der Waals surface area contributed by atoms with Crippen molar-refractivity contribution in [1.82, 2.24) is 5.32 Å². The van der Waals surface area contributed by atoms with Crippen LogP contribution in [-0.2, 0) is 11.3 Å². The van der Waals surface area contributed by atoms with E-state index in [0.717, 1.165) is 24.0 Å². The molecule has 1 aliphatic rings. The Morgan fingerprint density at radius 3 is 2.12 bits per heavy atom. The van der Waals surface area contributed by atoms with Crippen LogP contribution in [-0.4, -0.2) is 46.6 Å². The van der Waals surface area contributed by atoms with E-state index in [9.17, 15) is 24.3 Å². The molecule has 0 unspecified atom stereocenters. The Balaban J connectivity index is 1.53. The number of hydrogen-bond donors (Lipinski definition) is 4. The van der Waals surface area contributed by atoms with E-state index in [1.165, 1.54) is 25.3 Å². The zero-order valence-electron chi connectivity index (χ0n) is 22.8. The molecule has 0 aromatic heterocycles. The van der Waals surface area contributed by atoms with Crippen LogP contribution in [0.15, 0.2) is 78.9 Å². The van der Waals surface area contributed by atoms with E-state index < -0.39 is 24.5 Å². The molecule has 1 aliphatic carbocycles. The molecule has 0 aliphatic heterocycles. The largest absolute Gasteiger partial charge is 0.479 e. The number of aliphatic hydroxyl groups excluding tert-OH is 1. The Hall–Kier alpha value is -4.76. The van der Waals surface area contributed by atoms with E-state index in [4.69, 9.17) is 5.11 Å². The van der Waals surface area contributed by atoms with Crippen molar-refractivity contribution < 1.29 is 29.4 Å². The Labute approximate surface area is 238 Å². The number of amides is 3. The molecule has 0 bridgehead atoms. The van der Waals surface area contributed by atoms with Crippen molar-refractivity contribution in [3.05, 3.63) is 101 Å². The molecule has 0 saturated heterocycles. The van der Waals surface area contributed by atoms with Crippen molar-refractivity contribution in [2.75, 3.05) is 16.8 Å². The Morgan fingerprint density at radius 2 is 1.54 bits per heavy atom. The monoisotopic (exact) mass is 555 g/mol. The highest BCUT2D eigenvalue weighted by atomic mass is 16.4. The third-order valence-corrected chi connectivity index (χ3v) is 6.93. The molecule has 4 rings (SSSR count). The smallest absolute Gasteiger partial charge is 0.334 e. The number of benzene rings is 3. The predicted molar refractivity (Wildman–Crippen MR) is 157 cm³/mol. The predicted octanol–water partition coefficient (Wildman–Crippen LogP) is 5.26. The van der Waals surface area contributed by atoms with Crippen LogP contribution in [0.4, 0.5) is 16.2 Å². The SMILES string of the molecule is CC(=O)c1ccc(NC(=O)N(Cc2ccc(C(=O)NC[C@@H](O)C(=O)O)cc2)c2ccc(C3=CCCCC3)cc2)cc1. The second kappa shape index (κ2) is 13.5. The summed E-state index contributed by atoms with van der Waals surface area (Å²) in [6.45, 7) is 1.28. The van der Waals surface area contributed by atoms with Crippen molar-refractivity contribution in [3.63, 3.8) is 0 Å². The second-order valence-electron chi connectivity index (χ2n) is 9.93. The first-order valence-electron chi connectivity index (χ1n) is 13.5. The third-order valence-electron chi connectivity index (χ3n) is 6.93. The summed E-state index contributed by atoms with van der Waals surface area (Å²) in [4.78, 5) is 49.8. The number of aliphatic carboxylic acids is 1. The molecule has 41 heavy (non-hydrogen) atoms. The zero-order valence-corrected chi connectivity index (χ0v) is 22.8. The van der Waals surface area contributed by atoms with Crippen molar-refractivity contribution in [2.45, 2.75) is 45.3 Å². The van der Waals surface area contributed by atoms with Gasteiger partial charge >= 0.3 is 12.0 Å². The molecule has 212 valence electrons. The number of carboxylic acid groups (broad SMARTS) is 1. The van der Waals surface area contributed by atoms with Crippen LogP contribution in [0, 0.1) is 0 Å². The lowest BCUT2D eigenvalue weighted by atomic mass is 9.93. The van der Waals surface area contributed by atoms with Gasteiger partial charge in [0.1, 0.15) is 0 Å². The molecule has 3 amide bonds. The van der Waals surface area contributed by atoms with Crippen molar-refractivity contribution >= 4 is 40.6 Å². The fourth-order valence-electron chi connectivity index (χ4n) is 4.54. The number of aliphatic hydroxyl groups is 1. The summed E-state index contributed by atoms with van der Waals surface area (Å²) in [5, 5.41) is 23.4. The summed E-state index contributed by atoms with van der Waals surface area (Å²) < 4.78 is 0. The minimum atomic E-state index is -1.69. The highest BCUT2D eigenvalue weighted by molar-refractivity contribution is 6.02. The first kappa shape index (κ1) is 29.2. The fourth-order valence-corrected chi connectivity index (χ4v) is 4.54. The molecule has 0 fully saturated rings. The molecule has 0 radical (unpaired) electrons. The summed E-state index contributed by atoms with van der Waals surface area (Å²) in [6, 6.07) is 20.8. The maximum atomic E-state index is 13.5. The molecule has 0 saturated carbocycles. The summed E-state index contributed by atoms with van der Waals surface area (Å²) in [5.41, 5.74) is 5.28. The number of anilines is 2. The van der Waals surface area contributed by atoms with E-state index in [1.54, 1.807) is 53.4 Å². The van der Waals surface area contributed by atoms with Gasteiger partial charge in [-0.2, -0.15) is 0 Å². The molecule has 0 heterocycles. The van der Waals surface area contributed by atoms with Gasteiger partial charge in [-0.1, -0.05) is 30.3 Å². The van der Waals surface area contributed by atoms with Crippen LogP contribution in [0.3, 0.4) is 0 Å². The lowest BCUT2D eigenvalue weighted by Gasteiger charge is -2.24. The first-order valence-corrected chi connectivity index (χ1v) is 13.5. The van der Waals surface area contributed by atoms with Crippen LogP contribution in [0.25, 0.3) is 5.57 Å². The highest BCUT2D eigenvalue weighted by Gasteiger charge is 2.19. The number of carbonyl (C=O) groups is 4. The average molecular weight is 556 g/mol. The zero-order chi connectivity index (χ0) is 29.4. The molecule has 1 atom stereocenters. The third kappa shape index (κ3) is 7.89. The number of rotatable bonds is 10. The Morgan fingerprint density at radius 1 is 0.878 bits per heavy atom. The minimum absolute atomic E-state index is 0.0622. The Kier molecular flexibility index (Phi) is 9.65. The molecular formula is C32H33N3O6. The van der Waals surface area contributed by atoms with E-state index >= 15 is 0 Å². The van der Waals surface area contributed by atoms with Crippen LogP contribution in [0.1, 0.15) is 64.4 Å². The quantitative estimate of drug-likeness (QED) is 0.252. The van der Waals surface area contributed by atoms with Crippen LogP contribution < -0.4 is 15.5 Å². The molecule has 3 aromatic rings. The number of carboxylic acids is 1. The second-order valence-corrected chi connectivity index (χ2v) is 9.93. The summed E-state index contributed by atoms with van der Waals surface area (Å²) in [6.07, 6.45) is 5.06. The molecular weight excluding hydrogens is 522 g/mol. The molecule has 3 aromatic carbocycles. The number of nitrogens with zero attached hydrogens (tertiary/aromatic N) is 1.